The molecule has 5 heteroatoms. The normalized spacial score (nSPS) is 11.4. The number of fused-ring (bicyclic) bond motifs is 2. The maximum absolute atomic E-state index is 4.82. The third kappa shape index (κ3) is 2.61. The molecule has 0 atom stereocenters. The van der Waals surface area contributed by atoms with Crippen molar-refractivity contribution in [1.82, 2.24) is 19.5 Å². The van der Waals surface area contributed by atoms with Crippen molar-refractivity contribution in [1.29, 1.82) is 0 Å². The summed E-state index contributed by atoms with van der Waals surface area (Å²) in [7, 11) is 2.05. The van der Waals surface area contributed by atoms with E-state index in [1.165, 1.54) is 0 Å². The van der Waals surface area contributed by atoms with Crippen molar-refractivity contribution >= 4 is 28.8 Å². The molecule has 0 aliphatic heterocycles. The van der Waals surface area contributed by atoms with Gasteiger partial charge in [0.1, 0.15) is 11.6 Å². The predicted octanol–water partition coefficient (Wildman–Crippen LogP) is 4.27. The number of imidazole rings is 2. The molecule has 0 saturated heterocycles. The molecular formula is C20H21N5. The van der Waals surface area contributed by atoms with Crippen molar-refractivity contribution in [3.8, 4) is 11.4 Å². The number of aliphatic imine (C=N–C) groups is 1. The average molecular weight is 331 g/mol. The number of aromatic amines is 1. The van der Waals surface area contributed by atoms with Gasteiger partial charge in [0.15, 0.2) is 0 Å². The highest BCUT2D eigenvalue weighted by atomic mass is 15.1. The standard InChI is InChI=1S/C20H21N5/c1-4-7-18-22-16-11-13(10-14(12-21-2)19(16)24-18)20-23-15-8-5-6-9-17(15)25(20)3/h5-6,8-11H,2,4,7,12H2,1,3H3,(H,22,24). The molecule has 0 amide bonds. The van der Waals surface area contributed by atoms with Gasteiger partial charge in [0, 0.05) is 24.6 Å². The van der Waals surface area contributed by atoms with Crippen molar-refractivity contribution in [2.24, 2.45) is 12.0 Å². The number of benzene rings is 2. The summed E-state index contributed by atoms with van der Waals surface area (Å²) >= 11 is 0. The summed E-state index contributed by atoms with van der Waals surface area (Å²) in [5, 5.41) is 0. The van der Waals surface area contributed by atoms with Crippen molar-refractivity contribution < 1.29 is 0 Å². The Hall–Kier alpha value is -2.95. The van der Waals surface area contributed by atoms with Crippen LogP contribution < -0.4 is 0 Å². The zero-order chi connectivity index (χ0) is 17.4. The molecule has 1 N–H and O–H groups in total. The van der Waals surface area contributed by atoms with Crippen LogP contribution in [0.2, 0.25) is 0 Å². The third-order valence-electron chi connectivity index (χ3n) is 4.53. The fourth-order valence-electron chi connectivity index (χ4n) is 3.37. The number of rotatable bonds is 5. The first-order chi connectivity index (χ1) is 12.2. The summed E-state index contributed by atoms with van der Waals surface area (Å²) in [5.41, 5.74) is 6.28. The van der Waals surface area contributed by atoms with Crippen LogP contribution in [0.3, 0.4) is 0 Å². The number of H-pyrrole nitrogens is 1. The maximum atomic E-state index is 4.82. The van der Waals surface area contributed by atoms with E-state index >= 15 is 0 Å². The summed E-state index contributed by atoms with van der Waals surface area (Å²) in [4.78, 5) is 17.1. The molecule has 0 fully saturated rings. The minimum Gasteiger partial charge on any atom is -0.342 e. The largest absolute Gasteiger partial charge is 0.342 e. The minimum atomic E-state index is 0.546. The molecule has 0 radical (unpaired) electrons. The van der Waals surface area contributed by atoms with Crippen molar-refractivity contribution in [2.75, 3.05) is 0 Å². The Morgan fingerprint density at radius 3 is 2.80 bits per heavy atom. The molecular weight excluding hydrogens is 310 g/mol. The van der Waals surface area contributed by atoms with Crippen LogP contribution in [0.25, 0.3) is 33.5 Å². The zero-order valence-corrected chi connectivity index (χ0v) is 14.6. The van der Waals surface area contributed by atoms with Gasteiger partial charge in [-0.15, -0.1) is 0 Å². The van der Waals surface area contributed by atoms with E-state index < -0.39 is 0 Å². The fourth-order valence-corrected chi connectivity index (χ4v) is 3.37. The Labute approximate surface area is 146 Å². The first kappa shape index (κ1) is 15.6. The molecule has 0 spiro atoms. The van der Waals surface area contributed by atoms with Crippen LogP contribution in [0.5, 0.6) is 0 Å². The number of nitrogens with one attached hydrogen (secondary N) is 1. The lowest BCUT2D eigenvalue weighted by molar-refractivity contribution is 0.861. The van der Waals surface area contributed by atoms with E-state index in [0.717, 1.165) is 57.7 Å². The van der Waals surface area contributed by atoms with Gasteiger partial charge in [0.05, 0.1) is 28.6 Å². The van der Waals surface area contributed by atoms with E-state index in [1.54, 1.807) is 0 Å². The van der Waals surface area contributed by atoms with Gasteiger partial charge in [-0.25, -0.2) is 9.97 Å². The molecule has 0 saturated carbocycles. The monoisotopic (exact) mass is 331 g/mol. The zero-order valence-electron chi connectivity index (χ0n) is 14.6. The van der Waals surface area contributed by atoms with E-state index in [-0.39, 0.29) is 0 Å². The Bertz CT molecular complexity index is 1070. The van der Waals surface area contributed by atoms with E-state index in [2.05, 4.69) is 53.4 Å². The molecule has 5 nitrogen and oxygen atoms in total. The molecule has 0 unspecified atom stereocenters. The fraction of sp³-hybridized carbons (Fsp3) is 0.250. The van der Waals surface area contributed by atoms with Crippen LogP contribution in [0.4, 0.5) is 0 Å². The number of hydrogen-bond donors (Lipinski definition) is 1. The van der Waals surface area contributed by atoms with E-state index in [9.17, 15) is 0 Å². The smallest absolute Gasteiger partial charge is 0.140 e. The summed E-state index contributed by atoms with van der Waals surface area (Å²) in [6.07, 6.45) is 2.00. The van der Waals surface area contributed by atoms with Crippen LogP contribution in [0.1, 0.15) is 24.7 Å². The highest BCUT2D eigenvalue weighted by molar-refractivity contribution is 5.87. The predicted molar refractivity (Wildman–Crippen MR) is 103 cm³/mol. The Kier molecular flexibility index (Phi) is 3.84. The minimum absolute atomic E-state index is 0.546. The SMILES string of the molecule is C=NCc1cc(-c2nc3ccccc3n2C)cc2[nH]c(CCC)nc12. The van der Waals surface area contributed by atoms with Crippen LogP contribution >= 0.6 is 0 Å². The number of hydrogen-bond acceptors (Lipinski definition) is 3. The molecule has 4 rings (SSSR count). The molecule has 2 aromatic carbocycles. The third-order valence-corrected chi connectivity index (χ3v) is 4.53. The molecule has 25 heavy (non-hydrogen) atoms. The van der Waals surface area contributed by atoms with Gasteiger partial charge < -0.3 is 9.55 Å². The van der Waals surface area contributed by atoms with Gasteiger partial charge in [-0.3, -0.25) is 4.99 Å². The van der Waals surface area contributed by atoms with Crippen LogP contribution in [-0.2, 0) is 20.0 Å². The highest BCUT2D eigenvalue weighted by Crippen LogP contribution is 2.29. The number of para-hydroxylation sites is 2. The van der Waals surface area contributed by atoms with Crippen molar-refractivity contribution in [3.63, 3.8) is 0 Å². The second-order valence-electron chi connectivity index (χ2n) is 6.33. The van der Waals surface area contributed by atoms with Crippen molar-refractivity contribution in [3.05, 3.63) is 47.8 Å². The van der Waals surface area contributed by atoms with Crippen LogP contribution in [-0.4, -0.2) is 26.2 Å². The highest BCUT2D eigenvalue weighted by Gasteiger charge is 2.14. The molecule has 0 aliphatic rings. The lowest BCUT2D eigenvalue weighted by Gasteiger charge is -2.06. The van der Waals surface area contributed by atoms with E-state index in [0.29, 0.717) is 6.54 Å². The molecule has 2 aromatic heterocycles. The summed E-state index contributed by atoms with van der Waals surface area (Å²) in [6.45, 7) is 6.36. The van der Waals surface area contributed by atoms with Gasteiger partial charge in [0.25, 0.3) is 0 Å². The number of nitrogens with zero attached hydrogens (tertiary/aromatic N) is 4. The lowest BCUT2D eigenvalue weighted by Crippen LogP contribution is -1.94. The maximum Gasteiger partial charge on any atom is 0.140 e. The lowest BCUT2D eigenvalue weighted by atomic mass is 10.1. The topological polar surface area (TPSA) is 58.9 Å². The van der Waals surface area contributed by atoms with Gasteiger partial charge in [-0.05, 0) is 37.4 Å². The average Bonchev–Trinajstić information content (AvgIpc) is 3.17. The van der Waals surface area contributed by atoms with E-state index in [1.807, 2.05) is 18.2 Å². The Morgan fingerprint density at radius 2 is 2.04 bits per heavy atom. The first-order valence-corrected chi connectivity index (χ1v) is 8.57. The number of aromatic nitrogens is 4. The van der Waals surface area contributed by atoms with Gasteiger partial charge >= 0.3 is 0 Å². The summed E-state index contributed by atoms with van der Waals surface area (Å²) in [6, 6.07) is 12.5. The first-order valence-electron chi connectivity index (χ1n) is 8.57. The second kappa shape index (κ2) is 6.16. The van der Waals surface area contributed by atoms with Gasteiger partial charge in [-0.2, -0.15) is 0 Å². The molecule has 126 valence electrons. The molecule has 4 aromatic rings. The quantitative estimate of drug-likeness (QED) is 0.555. The summed E-state index contributed by atoms with van der Waals surface area (Å²) in [5.74, 6) is 1.96. The Balaban J connectivity index is 1.93. The molecule has 0 aliphatic carbocycles. The van der Waals surface area contributed by atoms with Gasteiger partial charge in [-0.1, -0.05) is 19.1 Å². The van der Waals surface area contributed by atoms with Crippen LogP contribution in [0.15, 0.2) is 41.4 Å². The Morgan fingerprint density at radius 1 is 1.20 bits per heavy atom. The summed E-state index contributed by atoms with van der Waals surface area (Å²) < 4.78 is 2.13. The van der Waals surface area contributed by atoms with E-state index in [4.69, 9.17) is 9.97 Å². The van der Waals surface area contributed by atoms with Crippen molar-refractivity contribution in [2.45, 2.75) is 26.3 Å². The van der Waals surface area contributed by atoms with Gasteiger partial charge in [0.2, 0.25) is 0 Å². The van der Waals surface area contributed by atoms with Crippen LogP contribution in [0, 0.1) is 0 Å². The molecule has 0 bridgehead atoms. The second-order valence-corrected chi connectivity index (χ2v) is 6.33. The number of aryl methyl sites for hydroxylation is 2. The molecule has 2 heterocycles.